The number of hydrogen-bond donors (Lipinski definition) is 0. The van der Waals surface area contributed by atoms with Gasteiger partial charge in [0, 0.05) is 51.0 Å². The molecule has 0 radical (unpaired) electrons. The number of nitrogens with zero attached hydrogens (tertiary/aromatic N) is 4. The Bertz CT molecular complexity index is 726. The highest BCUT2D eigenvalue weighted by molar-refractivity contribution is 5.79. The molecule has 4 heterocycles. The standard InChI is InChI=1S/C22H30N4O2/c27-22(20-6-12-25(13-7-20)18-21-3-1-16-28-21)26-11-2-10-24(14-15-26)17-19-4-8-23-9-5-19/h1,3-5,8-9,16,20H,2,6-7,10-15,17-18H2. The Labute approximate surface area is 167 Å². The molecular formula is C22H30N4O2. The minimum absolute atomic E-state index is 0.180. The van der Waals surface area contributed by atoms with E-state index in [1.165, 1.54) is 5.56 Å². The van der Waals surface area contributed by atoms with Crippen molar-refractivity contribution in [3.8, 4) is 0 Å². The van der Waals surface area contributed by atoms with Gasteiger partial charge < -0.3 is 9.32 Å². The lowest BCUT2D eigenvalue weighted by atomic mass is 9.95. The summed E-state index contributed by atoms with van der Waals surface area (Å²) in [6.45, 7) is 7.46. The van der Waals surface area contributed by atoms with Gasteiger partial charge in [-0.05, 0) is 62.2 Å². The molecule has 0 bridgehead atoms. The van der Waals surface area contributed by atoms with E-state index >= 15 is 0 Å². The van der Waals surface area contributed by atoms with Gasteiger partial charge in [0.15, 0.2) is 0 Å². The molecular weight excluding hydrogens is 352 g/mol. The van der Waals surface area contributed by atoms with Crippen LogP contribution in [0.15, 0.2) is 47.3 Å². The summed E-state index contributed by atoms with van der Waals surface area (Å²) in [6.07, 6.45) is 8.38. The van der Waals surface area contributed by atoms with Crippen LogP contribution in [0, 0.1) is 5.92 Å². The summed E-state index contributed by atoms with van der Waals surface area (Å²) in [4.78, 5) is 24.1. The van der Waals surface area contributed by atoms with Crippen LogP contribution in [0.3, 0.4) is 0 Å². The van der Waals surface area contributed by atoms with Gasteiger partial charge in [0.05, 0.1) is 12.8 Å². The highest BCUT2D eigenvalue weighted by atomic mass is 16.3. The number of carbonyl (C=O) groups is 1. The summed E-state index contributed by atoms with van der Waals surface area (Å²) >= 11 is 0. The number of hydrogen-bond acceptors (Lipinski definition) is 5. The zero-order chi connectivity index (χ0) is 19.2. The summed E-state index contributed by atoms with van der Waals surface area (Å²) in [6, 6.07) is 8.10. The first-order chi connectivity index (χ1) is 13.8. The van der Waals surface area contributed by atoms with Gasteiger partial charge in [0.2, 0.25) is 5.91 Å². The van der Waals surface area contributed by atoms with Gasteiger partial charge in [-0.15, -0.1) is 0 Å². The summed E-state index contributed by atoms with van der Waals surface area (Å²) in [5.41, 5.74) is 1.29. The molecule has 0 saturated carbocycles. The molecule has 0 aromatic carbocycles. The maximum Gasteiger partial charge on any atom is 0.225 e. The van der Waals surface area contributed by atoms with Crippen molar-refractivity contribution in [3.63, 3.8) is 0 Å². The first-order valence-electron chi connectivity index (χ1n) is 10.4. The Morgan fingerprint density at radius 3 is 2.50 bits per heavy atom. The summed E-state index contributed by atoms with van der Waals surface area (Å²) < 4.78 is 5.45. The third-order valence-electron chi connectivity index (χ3n) is 5.95. The smallest absolute Gasteiger partial charge is 0.225 e. The van der Waals surface area contributed by atoms with Crippen molar-refractivity contribution < 1.29 is 9.21 Å². The van der Waals surface area contributed by atoms with Crippen molar-refractivity contribution >= 4 is 5.91 Å². The quantitative estimate of drug-likeness (QED) is 0.796. The molecule has 2 aliphatic rings. The Kier molecular flexibility index (Phi) is 6.39. The number of rotatable bonds is 5. The summed E-state index contributed by atoms with van der Waals surface area (Å²) in [5, 5.41) is 0. The van der Waals surface area contributed by atoms with Crippen LogP contribution in [0.2, 0.25) is 0 Å². The van der Waals surface area contributed by atoms with Crippen LogP contribution in [0.5, 0.6) is 0 Å². The second-order valence-electron chi connectivity index (χ2n) is 7.94. The summed E-state index contributed by atoms with van der Waals surface area (Å²) in [7, 11) is 0. The molecule has 0 aliphatic carbocycles. The van der Waals surface area contributed by atoms with Crippen LogP contribution in [0.4, 0.5) is 0 Å². The highest BCUT2D eigenvalue weighted by Crippen LogP contribution is 2.22. The Morgan fingerprint density at radius 2 is 1.75 bits per heavy atom. The van der Waals surface area contributed by atoms with Gasteiger partial charge in [-0.1, -0.05) is 0 Å². The number of piperidine rings is 1. The third-order valence-corrected chi connectivity index (χ3v) is 5.95. The van der Waals surface area contributed by atoms with E-state index in [2.05, 4.69) is 31.8 Å². The Hall–Kier alpha value is -2.18. The highest BCUT2D eigenvalue weighted by Gasteiger charge is 2.29. The molecule has 150 valence electrons. The van der Waals surface area contributed by atoms with Crippen molar-refractivity contribution in [1.29, 1.82) is 0 Å². The van der Waals surface area contributed by atoms with E-state index in [0.29, 0.717) is 5.91 Å². The molecule has 0 atom stereocenters. The second kappa shape index (κ2) is 9.34. The van der Waals surface area contributed by atoms with Crippen LogP contribution < -0.4 is 0 Å². The van der Waals surface area contributed by atoms with Gasteiger partial charge in [-0.2, -0.15) is 0 Å². The molecule has 6 nitrogen and oxygen atoms in total. The molecule has 0 spiro atoms. The van der Waals surface area contributed by atoms with Crippen LogP contribution in [-0.2, 0) is 17.9 Å². The van der Waals surface area contributed by atoms with E-state index in [0.717, 1.165) is 77.4 Å². The normalized spacial score (nSPS) is 20.2. The molecule has 0 N–H and O–H groups in total. The number of carbonyl (C=O) groups excluding carboxylic acids is 1. The van der Waals surface area contributed by atoms with Crippen molar-refractivity contribution in [3.05, 3.63) is 54.2 Å². The summed E-state index contributed by atoms with van der Waals surface area (Å²) in [5.74, 6) is 1.55. The largest absolute Gasteiger partial charge is 0.468 e. The van der Waals surface area contributed by atoms with E-state index in [1.807, 2.05) is 24.5 Å². The number of furan rings is 1. The number of aromatic nitrogens is 1. The fourth-order valence-electron chi connectivity index (χ4n) is 4.31. The van der Waals surface area contributed by atoms with Crippen molar-refractivity contribution in [2.75, 3.05) is 39.3 Å². The van der Waals surface area contributed by atoms with Crippen LogP contribution >= 0.6 is 0 Å². The molecule has 2 fully saturated rings. The SMILES string of the molecule is O=C(C1CCN(Cc2ccco2)CC1)N1CCCN(Cc2ccncc2)CC1. The molecule has 0 unspecified atom stereocenters. The zero-order valence-corrected chi connectivity index (χ0v) is 16.5. The van der Waals surface area contributed by atoms with E-state index in [1.54, 1.807) is 6.26 Å². The first-order valence-corrected chi connectivity index (χ1v) is 10.4. The molecule has 6 heteroatoms. The minimum Gasteiger partial charge on any atom is -0.468 e. The fourth-order valence-corrected chi connectivity index (χ4v) is 4.31. The van der Waals surface area contributed by atoms with Gasteiger partial charge in [0.25, 0.3) is 0 Å². The first kappa shape index (κ1) is 19.2. The van der Waals surface area contributed by atoms with E-state index in [9.17, 15) is 4.79 Å². The third kappa shape index (κ3) is 5.00. The van der Waals surface area contributed by atoms with Crippen LogP contribution in [0.25, 0.3) is 0 Å². The van der Waals surface area contributed by atoms with E-state index < -0.39 is 0 Å². The molecule has 4 rings (SSSR count). The predicted molar refractivity (Wildman–Crippen MR) is 107 cm³/mol. The lowest BCUT2D eigenvalue weighted by Crippen LogP contribution is -2.43. The van der Waals surface area contributed by atoms with Gasteiger partial charge in [-0.3, -0.25) is 19.6 Å². The number of pyridine rings is 1. The number of likely N-dealkylation sites (tertiary alicyclic amines) is 1. The van der Waals surface area contributed by atoms with Crippen LogP contribution in [0.1, 0.15) is 30.6 Å². The van der Waals surface area contributed by atoms with E-state index in [-0.39, 0.29) is 5.92 Å². The second-order valence-corrected chi connectivity index (χ2v) is 7.94. The maximum absolute atomic E-state index is 13.1. The molecule has 2 aromatic rings. The average molecular weight is 383 g/mol. The van der Waals surface area contributed by atoms with Gasteiger partial charge >= 0.3 is 0 Å². The topological polar surface area (TPSA) is 52.8 Å². The average Bonchev–Trinajstić information content (AvgIpc) is 3.13. The molecule has 28 heavy (non-hydrogen) atoms. The zero-order valence-electron chi connectivity index (χ0n) is 16.5. The minimum atomic E-state index is 0.180. The lowest BCUT2D eigenvalue weighted by molar-refractivity contribution is -0.137. The van der Waals surface area contributed by atoms with Crippen LogP contribution in [-0.4, -0.2) is 64.9 Å². The van der Waals surface area contributed by atoms with Gasteiger partial charge in [-0.25, -0.2) is 0 Å². The molecule has 1 amide bonds. The lowest BCUT2D eigenvalue weighted by Gasteiger charge is -2.33. The predicted octanol–water partition coefficient (Wildman–Crippen LogP) is 2.62. The monoisotopic (exact) mass is 382 g/mol. The number of amides is 1. The Balaban J connectivity index is 1.24. The van der Waals surface area contributed by atoms with Crippen molar-refractivity contribution in [2.24, 2.45) is 5.92 Å². The van der Waals surface area contributed by atoms with Crippen molar-refractivity contribution in [1.82, 2.24) is 19.7 Å². The fraction of sp³-hybridized carbons (Fsp3) is 0.545. The molecule has 2 saturated heterocycles. The molecule has 2 aliphatic heterocycles. The maximum atomic E-state index is 13.1. The molecule has 2 aromatic heterocycles. The van der Waals surface area contributed by atoms with Crippen molar-refractivity contribution in [2.45, 2.75) is 32.4 Å². The van der Waals surface area contributed by atoms with E-state index in [4.69, 9.17) is 4.42 Å². The Morgan fingerprint density at radius 1 is 0.964 bits per heavy atom. The van der Waals surface area contributed by atoms with Gasteiger partial charge in [0.1, 0.15) is 5.76 Å².